The molecule has 0 aromatic rings. The molecule has 0 spiro atoms. The molecule has 0 aliphatic rings. The highest BCUT2D eigenvalue weighted by molar-refractivity contribution is 5.84. The Hall–Kier alpha value is -1.00. The first kappa shape index (κ1) is 19.0. The topological polar surface area (TPSA) is 72.8 Å². The second-order valence-corrected chi connectivity index (χ2v) is 3.97. The monoisotopic (exact) mass is 308 g/mol. The first-order chi connectivity index (χ1) is 9.16. The zero-order valence-corrected chi connectivity index (χ0v) is 10.6. The summed E-state index contributed by atoms with van der Waals surface area (Å²) in [4.78, 5) is 12.3. The summed E-state index contributed by atoms with van der Waals surface area (Å²) in [7, 11) is 0. The molecule has 0 saturated carbocycles. The van der Waals surface area contributed by atoms with Crippen molar-refractivity contribution < 1.29 is 37.0 Å². The van der Waals surface area contributed by atoms with Crippen LogP contribution in [0.4, 0.5) is 22.0 Å². The van der Waals surface area contributed by atoms with Crippen molar-refractivity contribution in [3.8, 4) is 0 Å². The molecule has 0 rings (SSSR count). The molecule has 0 radical (unpaired) electrons. The number of nitrogens with zero attached hydrogens (tertiary/aromatic N) is 1. The van der Waals surface area contributed by atoms with Gasteiger partial charge < -0.3 is 15.5 Å². The average Bonchev–Trinajstić information content (AvgIpc) is 2.33. The number of carbonyl (C=O) groups excluding carboxylic acids is 1. The van der Waals surface area contributed by atoms with Gasteiger partial charge in [-0.2, -0.15) is 22.0 Å². The third-order valence-corrected chi connectivity index (χ3v) is 2.41. The predicted molar refractivity (Wildman–Crippen MR) is 59.2 cm³/mol. The number of nitrogens with one attached hydrogen (secondary N) is 1. The minimum absolute atomic E-state index is 0.111. The molecule has 0 bridgehead atoms. The Kier molecular flexibility index (Phi) is 7.91. The number of aliphatic hydroxyl groups is 2. The second kappa shape index (κ2) is 8.32. The van der Waals surface area contributed by atoms with E-state index in [9.17, 15) is 26.7 Å². The van der Waals surface area contributed by atoms with E-state index in [2.05, 4.69) is 0 Å². The van der Waals surface area contributed by atoms with Crippen molar-refractivity contribution in [1.82, 2.24) is 10.2 Å². The highest BCUT2D eigenvalue weighted by Crippen LogP contribution is 2.35. The number of hydrogen-bond donors (Lipinski definition) is 3. The number of aliphatic hydroxyl groups excluding tert-OH is 2. The predicted octanol–water partition coefficient (Wildman–Crippen LogP) is -0.0231. The van der Waals surface area contributed by atoms with E-state index in [0.717, 1.165) is 0 Å². The van der Waals surface area contributed by atoms with Gasteiger partial charge in [-0.3, -0.25) is 9.69 Å². The van der Waals surface area contributed by atoms with E-state index in [1.54, 1.807) is 4.90 Å². The van der Waals surface area contributed by atoms with Crippen LogP contribution < -0.4 is 5.32 Å². The van der Waals surface area contributed by atoms with Crippen molar-refractivity contribution in [1.29, 1.82) is 0 Å². The van der Waals surface area contributed by atoms with Gasteiger partial charge in [0, 0.05) is 19.6 Å². The van der Waals surface area contributed by atoms with Gasteiger partial charge in [-0.1, -0.05) is 0 Å². The molecular weight excluding hydrogens is 291 g/mol. The van der Waals surface area contributed by atoms with Gasteiger partial charge in [-0.15, -0.1) is 0 Å². The molecule has 120 valence electrons. The van der Waals surface area contributed by atoms with Crippen LogP contribution in [0.5, 0.6) is 0 Å². The lowest BCUT2D eigenvalue weighted by Gasteiger charge is -2.21. The van der Waals surface area contributed by atoms with E-state index in [4.69, 9.17) is 10.2 Å². The molecule has 10 heteroatoms. The van der Waals surface area contributed by atoms with Crippen LogP contribution in [0.2, 0.25) is 0 Å². The summed E-state index contributed by atoms with van der Waals surface area (Å²) in [6, 6.07) is 0. The smallest absolute Gasteiger partial charge is 0.395 e. The van der Waals surface area contributed by atoms with E-state index >= 15 is 0 Å². The van der Waals surface area contributed by atoms with Crippen LogP contribution in [0, 0.1) is 0 Å². The molecule has 0 heterocycles. The van der Waals surface area contributed by atoms with Gasteiger partial charge in [-0.05, 0) is 13.0 Å². The third kappa shape index (κ3) is 5.97. The molecule has 0 fully saturated rings. The molecule has 5 nitrogen and oxygen atoms in total. The minimum Gasteiger partial charge on any atom is -0.395 e. The van der Waals surface area contributed by atoms with Crippen molar-refractivity contribution >= 4 is 5.91 Å². The van der Waals surface area contributed by atoms with E-state index in [1.165, 1.54) is 5.32 Å². The number of amides is 1. The minimum atomic E-state index is -5.92. The Labute approximate surface area is 112 Å². The summed E-state index contributed by atoms with van der Waals surface area (Å²) in [5.74, 6) is -7.80. The fourth-order valence-electron chi connectivity index (χ4n) is 1.36. The fraction of sp³-hybridized carbons (Fsp3) is 0.900. The van der Waals surface area contributed by atoms with Crippen LogP contribution in [0.15, 0.2) is 0 Å². The highest BCUT2D eigenvalue weighted by atomic mass is 19.4. The number of carbonyl (C=O) groups is 1. The molecular formula is C10H17F5N2O3. The van der Waals surface area contributed by atoms with Crippen LogP contribution in [0.3, 0.4) is 0 Å². The summed E-state index contributed by atoms with van der Waals surface area (Å²) in [5, 5.41) is 18.9. The standard InChI is InChI=1S/C10H17F5N2O3/c11-9(12,10(13,14)15)8(20)16-2-1-3-17(4-6-18)5-7-19/h18-19H,1-7H2,(H,16,20). The van der Waals surface area contributed by atoms with Crippen molar-refractivity contribution in [2.75, 3.05) is 39.4 Å². The van der Waals surface area contributed by atoms with E-state index < -0.39 is 18.0 Å². The molecule has 0 aliphatic carbocycles. The zero-order valence-electron chi connectivity index (χ0n) is 10.6. The number of alkyl halides is 5. The lowest BCUT2D eigenvalue weighted by atomic mass is 10.3. The highest BCUT2D eigenvalue weighted by Gasteiger charge is 2.63. The van der Waals surface area contributed by atoms with Crippen molar-refractivity contribution in [3.63, 3.8) is 0 Å². The van der Waals surface area contributed by atoms with Gasteiger partial charge >= 0.3 is 12.1 Å². The maximum Gasteiger partial charge on any atom is 0.463 e. The first-order valence-electron chi connectivity index (χ1n) is 5.83. The zero-order chi connectivity index (χ0) is 15.8. The first-order valence-corrected chi connectivity index (χ1v) is 5.83. The largest absolute Gasteiger partial charge is 0.463 e. The summed E-state index contributed by atoms with van der Waals surface area (Å²) >= 11 is 0. The Bertz CT molecular complexity index is 293. The maximum atomic E-state index is 12.5. The number of halogens is 5. The fourth-order valence-corrected chi connectivity index (χ4v) is 1.36. The van der Waals surface area contributed by atoms with Crippen molar-refractivity contribution in [2.24, 2.45) is 0 Å². The quantitative estimate of drug-likeness (QED) is 0.413. The second-order valence-electron chi connectivity index (χ2n) is 3.97. The van der Waals surface area contributed by atoms with Crippen molar-refractivity contribution in [2.45, 2.75) is 18.5 Å². The van der Waals surface area contributed by atoms with E-state index in [-0.39, 0.29) is 45.8 Å². The van der Waals surface area contributed by atoms with Gasteiger partial charge in [0.05, 0.1) is 13.2 Å². The molecule has 0 saturated heterocycles. The SMILES string of the molecule is O=C(NCCCN(CCO)CCO)C(F)(F)C(F)(F)F. The molecule has 0 aromatic carbocycles. The summed E-state index contributed by atoms with van der Waals surface area (Å²) in [6.07, 6.45) is -5.81. The Balaban J connectivity index is 4.09. The van der Waals surface area contributed by atoms with Crippen LogP contribution in [0.25, 0.3) is 0 Å². The van der Waals surface area contributed by atoms with Gasteiger partial charge in [-0.25, -0.2) is 0 Å². The van der Waals surface area contributed by atoms with E-state index in [1.807, 2.05) is 0 Å². The third-order valence-electron chi connectivity index (χ3n) is 2.41. The molecule has 20 heavy (non-hydrogen) atoms. The normalized spacial score (nSPS) is 12.8. The number of hydrogen-bond acceptors (Lipinski definition) is 4. The van der Waals surface area contributed by atoms with Crippen LogP contribution >= 0.6 is 0 Å². The molecule has 0 aliphatic heterocycles. The van der Waals surface area contributed by atoms with E-state index in [0.29, 0.717) is 0 Å². The van der Waals surface area contributed by atoms with Crippen LogP contribution in [-0.2, 0) is 4.79 Å². The van der Waals surface area contributed by atoms with Crippen LogP contribution in [0.1, 0.15) is 6.42 Å². The lowest BCUT2D eigenvalue weighted by molar-refractivity contribution is -0.269. The van der Waals surface area contributed by atoms with Crippen LogP contribution in [-0.4, -0.2) is 72.5 Å². The molecule has 3 N–H and O–H groups in total. The Morgan fingerprint density at radius 2 is 1.50 bits per heavy atom. The van der Waals surface area contributed by atoms with Gasteiger partial charge in [0.2, 0.25) is 0 Å². The molecule has 1 amide bonds. The average molecular weight is 308 g/mol. The maximum absolute atomic E-state index is 12.5. The van der Waals surface area contributed by atoms with Gasteiger partial charge in [0.15, 0.2) is 0 Å². The van der Waals surface area contributed by atoms with Gasteiger partial charge in [0.1, 0.15) is 0 Å². The summed E-state index contributed by atoms with van der Waals surface area (Å²) < 4.78 is 60.6. The number of rotatable bonds is 9. The Morgan fingerprint density at radius 1 is 1.00 bits per heavy atom. The van der Waals surface area contributed by atoms with Gasteiger partial charge in [0.25, 0.3) is 5.91 Å². The lowest BCUT2D eigenvalue weighted by Crippen LogP contribution is -2.50. The summed E-state index contributed by atoms with van der Waals surface area (Å²) in [6.45, 7) is -0.0334. The molecule has 0 aromatic heterocycles. The molecule has 0 unspecified atom stereocenters. The molecule has 0 atom stereocenters. The Morgan fingerprint density at radius 3 is 1.90 bits per heavy atom. The van der Waals surface area contributed by atoms with Crippen molar-refractivity contribution in [3.05, 3.63) is 0 Å². The summed E-state index contributed by atoms with van der Waals surface area (Å²) in [5.41, 5.74) is 0.